The van der Waals surface area contributed by atoms with Gasteiger partial charge in [0.15, 0.2) is 0 Å². The zero-order valence-electron chi connectivity index (χ0n) is 44.3. The Morgan fingerprint density at radius 2 is 1.47 bits per heavy atom. The summed E-state index contributed by atoms with van der Waals surface area (Å²) in [5, 5.41) is 24.9. The summed E-state index contributed by atoms with van der Waals surface area (Å²) >= 11 is 0. The van der Waals surface area contributed by atoms with Gasteiger partial charge in [-0.2, -0.15) is 0 Å². The number of nitrogens with zero attached hydrogens (tertiary/aromatic N) is 5. The van der Waals surface area contributed by atoms with Crippen LogP contribution in [0.25, 0.3) is 0 Å². The number of anilines is 3. The van der Waals surface area contributed by atoms with Crippen molar-refractivity contribution in [2.45, 2.75) is 42.8 Å². The molecule has 6 atom stereocenters. The molecule has 3 saturated heterocycles. The van der Waals surface area contributed by atoms with Crippen LogP contribution in [0.3, 0.4) is 0 Å². The van der Waals surface area contributed by atoms with Crippen molar-refractivity contribution < 1.29 is 48.2 Å². The van der Waals surface area contributed by atoms with Gasteiger partial charge < -0.3 is 34.3 Å². The first kappa shape index (κ1) is 53.8. The van der Waals surface area contributed by atoms with Crippen molar-refractivity contribution >= 4 is 46.6 Å². The Kier molecular flexibility index (Phi) is 15.7. The average molecular weight is 1090 g/mol. The zero-order valence-corrected chi connectivity index (χ0v) is 44.3. The molecule has 17 heteroatoms. The lowest BCUT2D eigenvalue weighted by Gasteiger charge is -2.46. The number of benzene rings is 7. The van der Waals surface area contributed by atoms with Crippen molar-refractivity contribution in [2.24, 2.45) is 5.92 Å². The third-order valence-electron chi connectivity index (χ3n) is 15.4. The van der Waals surface area contributed by atoms with Crippen molar-refractivity contribution in [1.29, 1.82) is 0 Å². The van der Waals surface area contributed by atoms with Gasteiger partial charge in [0, 0.05) is 54.3 Å². The number of carbonyl (C=O) groups excluding carboxylic acids is 4. The van der Waals surface area contributed by atoms with Crippen LogP contribution in [0.1, 0.15) is 57.1 Å². The van der Waals surface area contributed by atoms with Gasteiger partial charge in [0.25, 0.3) is 5.69 Å². The Morgan fingerprint density at radius 1 is 0.802 bits per heavy atom. The number of nitrogens with one attached hydrogen (secondary N) is 1. The highest BCUT2D eigenvalue weighted by atomic mass is 16.6. The fraction of sp³-hybridized carbons (Fsp3) is 0.250. The van der Waals surface area contributed by atoms with Crippen LogP contribution in [0.15, 0.2) is 182 Å². The first-order valence-corrected chi connectivity index (χ1v) is 26.8. The standard InChI is InChI=1S/C64H58N6O11/c1-66(41-44-14-5-2-6-15-44)33-13-16-43-25-32-53-52(40-43)64(62(74)68(53)63(75)80-42-45-23-28-50(29-24-45)70(76)77)55(60(72)65-48-26-30-49(31-27-48)67-34-37-78-38-35-67)57-61(73)81-58(47-19-9-4-10-20-47)56(46-17-7-3-8-18-46)69(57)59(64)51-21-11-12-22-54(51)79-39-36-71/h2-12,14-15,17-32,40,55-59,71H,33-39,41-42H2,1H3,(H,65,72)/t55-,56-,57-,58+,59+,64-/m0/s1. The van der Waals surface area contributed by atoms with Gasteiger partial charge >= 0.3 is 12.1 Å². The summed E-state index contributed by atoms with van der Waals surface area (Å²) in [6, 6.07) is 49.8. The lowest BCUT2D eigenvalue weighted by atomic mass is 9.65. The number of nitro groups is 1. The smallest absolute Gasteiger partial charge is 0.421 e. The topological polar surface area (TPSA) is 194 Å². The van der Waals surface area contributed by atoms with Gasteiger partial charge in [0.1, 0.15) is 36.5 Å². The molecule has 0 aromatic heterocycles. The maximum absolute atomic E-state index is 16.9. The summed E-state index contributed by atoms with van der Waals surface area (Å²) in [5.74, 6) is 2.79. The maximum atomic E-state index is 16.9. The molecule has 2 N–H and O–H groups in total. The molecule has 4 aliphatic rings. The molecule has 0 radical (unpaired) electrons. The molecule has 81 heavy (non-hydrogen) atoms. The molecule has 4 aliphatic heterocycles. The van der Waals surface area contributed by atoms with Crippen molar-refractivity contribution in [3.05, 3.63) is 231 Å². The number of para-hydroxylation sites is 1. The number of aliphatic hydroxyl groups excluding tert-OH is 1. The molecule has 11 rings (SSSR count). The largest absolute Gasteiger partial charge is 0.491 e. The van der Waals surface area contributed by atoms with E-state index in [2.05, 4.69) is 27.0 Å². The molecule has 7 aromatic carbocycles. The van der Waals surface area contributed by atoms with Gasteiger partial charge in [-0.3, -0.25) is 34.3 Å². The van der Waals surface area contributed by atoms with Crippen LogP contribution in [-0.4, -0.2) is 103 Å². The molecule has 3 amide bonds. The Morgan fingerprint density at radius 3 is 2.16 bits per heavy atom. The fourth-order valence-corrected chi connectivity index (χ4v) is 11.9. The molecule has 3 fully saturated rings. The van der Waals surface area contributed by atoms with E-state index >= 15 is 19.2 Å². The van der Waals surface area contributed by atoms with E-state index in [0.717, 1.165) is 16.2 Å². The molecule has 0 aliphatic carbocycles. The second-order valence-electron chi connectivity index (χ2n) is 20.3. The molecule has 1 spiro atoms. The summed E-state index contributed by atoms with van der Waals surface area (Å²) in [5.41, 5.74) is 2.89. The Balaban J connectivity index is 1.13. The maximum Gasteiger partial charge on any atom is 0.421 e. The number of aliphatic hydroxyl groups is 1. The van der Waals surface area contributed by atoms with Crippen LogP contribution in [0.4, 0.5) is 27.5 Å². The third-order valence-corrected chi connectivity index (χ3v) is 15.4. The Hall–Kier alpha value is -9.18. The van der Waals surface area contributed by atoms with Crippen molar-refractivity contribution in [3.63, 3.8) is 0 Å². The molecular formula is C64H58N6O11. The van der Waals surface area contributed by atoms with Crippen LogP contribution in [0.2, 0.25) is 0 Å². The predicted molar refractivity (Wildman–Crippen MR) is 302 cm³/mol. The highest BCUT2D eigenvalue weighted by Gasteiger charge is 2.76. The molecule has 0 unspecified atom stereocenters. The van der Waals surface area contributed by atoms with E-state index < -0.39 is 64.4 Å². The SMILES string of the molecule is CN(CC#Cc1ccc2c(c1)[C@]1(C(=O)N2C(=O)OCc2ccc([N+](=O)[O-])cc2)[C@H](C(=O)Nc2ccc(N3CCOCC3)cc2)[C@H]2C(=O)O[C@H](c3ccccc3)[C@H](c3ccccc3)N2[C@@H]1c1ccccc1OCCO)Cc1ccccc1. The van der Waals surface area contributed by atoms with Crippen LogP contribution in [0.5, 0.6) is 5.75 Å². The van der Waals surface area contributed by atoms with E-state index in [-0.39, 0.29) is 42.5 Å². The van der Waals surface area contributed by atoms with Crippen molar-refractivity contribution in [2.75, 3.05) is 68.2 Å². The predicted octanol–water partition coefficient (Wildman–Crippen LogP) is 8.93. The highest BCUT2D eigenvalue weighted by Crippen LogP contribution is 2.67. The number of fused-ring (bicyclic) bond motifs is 3. The number of non-ortho nitro benzene ring substituents is 1. The van der Waals surface area contributed by atoms with Crippen molar-refractivity contribution in [1.82, 2.24) is 9.80 Å². The van der Waals surface area contributed by atoms with E-state index in [4.69, 9.17) is 18.9 Å². The summed E-state index contributed by atoms with van der Waals surface area (Å²) in [6.07, 6.45) is -2.10. The fourth-order valence-electron chi connectivity index (χ4n) is 11.9. The summed E-state index contributed by atoms with van der Waals surface area (Å²) in [4.78, 5) is 82.2. The second-order valence-corrected chi connectivity index (χ2v) is 20.3. The summed E-state index contributed by atoms with van der Waals surface area (Å²) in [6.45, 7) is 2.57. The summed E-state index contributed by atoms with van der Waals surface area (Å²) < 4.78 is 24.6. The molecule has 0 bridgehead atoms. The minimum absolute atomic E-state index is 0.0796. The number of rotatable bonds is 15. The van der Waals surface area contributed by atoms with E-state index in [0.29, 0.717) is 72.9 Å². The molecule has 4 heterocycles. The van der Waals surface area contributed by atoms with Crippen molar-refractivity contribution in [3.8, 4) is 17.6 Å². The summed E-state index contributed by atoms with van der Waals surface area (Å²) in [7, 11) is 1.96. The van der Waals surface area contributed by atoms with Gasteiger partial charge in [0.2, 0.25) is 11.8 Å². The van der Waals surface area contributed by atoms with Gasteiger partial charge in [0.05, 0.1) is 55.0 Å². The van der Waals surface area contributed by atoms with Gasteiger partial charge in [-0.15, -0.1) is 0 Å². The van der Waals surface area contributed by atoms with E-state index in [9.17, 15) is 15.2 Å². The lowest BCUT2D eigenvalue weighted by Crippen LogP contribution is -2.54. The minimum Gasteiger partial charge on any atom is -0.491 e. The molecular weight excluding hydrogens is 1030 g/mol. The van der Waals surface area contributed by atoms with Gasteiger partial charge in [-0.25, -0.2) is 9.69 Å². The second kappa shape index (κ2) is 23.7. The number of cyclic esters (lactones) is 1. The average Bonchev–Trinajstić information content (AvgIpc) is 1.69. The third kappa shape index (κ3) is 10.6. The van der Waals surface area contributed by atoms with Gasteiger partial charge in [-0.05, 0) is 95.5 Å². The molecule has 410 valence electrons. The van der Waals surface area contributed by atoms with Crippen LogP contribution >= 0.6 is 0 Å². The normalized spacial score (nSPS) is 21.1. The Labute approximate surface area is 468 Å². The quantitative estimate of drug-likeness (QED) is 0.0428. The number of morpholine rings is 2. The minimum atomic E-state index is -2.21. The first-order valence-electron chi connectivity index (χ1n) is 26.8. The number of imide groups is 1. The molecule has 17 nitrogen and oxygen atoms in total. The number of carbonyl (C=O) groups is 4. The number of esters is 1. The molecule has 0 saturated carbocycles. The molecule has 7 aromatic rings. The highest BCUT2D eigenvalue weighted by molar-refractivity contribution is 6.24. The zero-order chi connectivity index (χ0) is 56.0. The van der Waals surface area contributed by atoms with E-state index in [1.807, 2.05) is 115 Å². The van der Waals surface area contributed by atoms with E-state index in [1.54, 1.807) is 54.6 Å². The lowest BCUT2D eigenvalue weighted by molar-refractivity contribution is -0.384. The Bertz CT molecular complexity index is 3500. The number of hydrogen-bond acceptors (Lipinski definition) is 14. The van der Waals surface area contributed by atoms with Crippen LogP contribution in [-0.2, 0) is 47.2 Å². The van der Waals surface area contributed by atoms with Gasteiger partial charge in [-0.1, -0.05) is 121 Å². The number of amides is 3. The van der Waals surface area contributed by atoms with Crippen LogP contribution < -0.4 is 19.9 Å². The number of nitro benzene ring substituents is 1. The monoisotopic (exact) mass is 1090 g/mol. The number of hydrogen-bond donors (Lipinski definition) is 2. The van der Waals surface area contributed by atoms with E-state index in [1.165, 1.54) is 24.3 Å². The number of ether oxygens (including phenoxy) is 4. The first-order chi connectivity index (χ1) is 39.5. The van der Waals surface area contributed by atoms with Crippen LogP contribution in [0, 0.1) is 27.9 Å².